The van der Waals surface area contributed by atoms with E-state index in [1.54, 1.807) is 26.8 Å². The van der Waals surface area contributed by atoms with Gasteiger partial charge in [0.1, 0.15) is 11.8 Å². The fraction of sp³-hybridized carbons (Fsp3) is 0.520. The number of alkyl halides is 1. The summed E-state index contributed by atoms with van der Waals surface area (Å²) in [5.41, 5.74) is 1.68. The molecular formula is C25H31FO4. The van der Waals surface area contributed by atoms with Crippen LogP contribution in [-0.4, -0.2) is 23.7 Å². The number of rotatable bonds is 5. The van der Waals surface area contributed by atoms with Crippen LogP contribution in [0.4, 0.5) is 4.39 Å². The van der Waals surface area contributed by atoms with Crippen molar-refractivity contribution >= 4 is 18.0 Å². The number of carbonyl (C=O) groups is 2. The number of hydrogen-bond donors (Lipinski definition) is 0. The zero-order valence-electron chi connectivity index (χ0n) is 18.6. The molecule has 1 saturated carbocycles. The van der Waals surface area contributed by atoms with Crippen molar-refractivity contribution in [3.8, 4) is 0 Å². The molecule has 2 unspecified atom stereocenters. The van der Waals surface area contributed by atoms with Gasteiger partial charge in [0.25, 0.3) is 0 Å². The number of allylic oxidation sites excluding steroid dienone is 2. The van der Waals surface area contributed by atoms with Crippen molar-refractivity contribution in [3.63, 3.8) is 0 Å². The van der Waals surface area contributed by atoms with E-state index in [0.29, 0.717) is 0 Å². The highest BCUT2D eigenvalue weighted by Crippen LogP contribution is 2.60. The van der Waals surface area contributed by atoms with Gasteiger partial charge in [0.15, 0.2) is 6.10 Å². The van der Waals surface area contributed by atoms with Crippen molar-refractivity contribution in [2.24, 2.45) is 17.3 Å². The Labute approximate surface area is 178 Å². The molecule has 0 saturated heterocycles. The number of esters is 2. The van der Waals surface area contributed by atoms with Crippen LogP contribution in [0.25, 0.3) is 6.08 Å². The van der Waals surface area contributed by atoms with E-state index in [2.05, 4.69) is 0 Å². The Morgan fingerprint density at radius 3 is 2.57 bits per heavy atom. The summed E-state index contributed by atoms with van der Waals surface area (Å²) in [5, 5.41) is 0. The molecule has 5 heteroatoms. The van der Waals surface area contributed by atoms with Crippen LogP contribution in [0.2, 0.25) is 0 Å². The van der Waals surface area contributed by atoms with E-state index in [9.17, 15) is 14.0 Å². The maximum Gasteiger partial charge on any atom is 0.330 e. The lowest BCUT2D eigenvalue weighted by molar-refractivity contribution is -0.155. The number of halogens is 1. The van der Waals surface area contributed by atoms with Gasteiger partial charge >= 0.3 is 11.9 Å². The highest BCUT2D eigenvalue weighted by Gasteiger charge is 2.62. The molecule has 0 aromatic heterocycles. The second-order valence-corrected chi connectivity index (χ2v) is 9.71. The van der Waals surface area contributed by atoms with Gasteiger partial charge in [-0.1, -0.05) is 50.3 Å². The first-order valence-corrected chi connectivity index (χ1v) is 10.5. The lowest BCUT2D eigenvalue weighted by atomic mass is 10.0. The molecule has 0 aliphatic heterocycles. The Kier molecular flexibility index (Phi) is 5.94. The van der Waals surface area contributed by atoms with Gasteiger partial charge in [-0.3, -0.25) is 4.79 Å². The molecule has 0 heterocycles. The topological polar surface area (TPSA) is 52.6 Å². The smallest absolute Gasteiger partial charge is 0.330 e. The minimum absolute atomic E-state index is 0.147. The second-order valence-electron chi connectivity index (χ2n) is 9.71. The molecule has 4 atom stereocenters. The maximum absolute atomic E-state index is 14.8. The fourth-order valence-electron chi connectivity index (χ4n) is 4.30. The van der Waals surface area contributed by atoms with Gasteiger partial charge in [0, 0.05) is 12.5 Å². The molecule has 2 aliphatic carbocycles. The van der Waals surface area contributed by atoms with Crippen LogP contribution in [0, 0.1) is 17.3 Å². The number of fused-ring (bicyclic) bond motifs is 1. The molecule has 1 fully saturated rings. The summed E-state index contributed by atoms with van der Waals surface area (Å²) in [6, 6.07) is 5.63. The minimum atomic E-state index is -1.26. The van der Waals surface area contributed by atoms with Crippen LogP contribution in [0.15, 0.2) is 36.4 Å². The standard InChI is InChI=1S/C25H31FO4/c1-7-9-15-10-8-11-16-17(15)14-19(26)22(16)29-23(28)21-18(25(21,5)6)12-13-20(27)30-24(2,3)4/h7-13,18-19,21-22H,14H2,1-6H3/b9-7-,13-12-/t18-,19?,21-,22?/m0/s1. The van der Waals surface area contributed by atoms with Gasteiger partial charge in [-0.2, -0.15) is 0 Å². The Balaban J connectivity index is 1.70. The van der Waals surface area contributed by atoms with Crippen LogP contribution in [-0.2, 0) is 25.5 Å². The van der Waals surface area contributed by atoms with E-state index in [1.165, 1.54) is 6.08 Å². The van der Waals surface area contributed by atoms with Crippen molar-refractivity contribution < 1.29 is 23.5 Å². The summed E-state index contributed by atoms with van der Waals surface area (Å²) in [4.78, 5) is 24.8. The van der Waals surface area contributed by atoms with Crippen molar-refractivity contribution in [1.29, 1.82) is 0 Å². The van der Waals surface area contributed by atoms with E-state index in [4.69, 9.17) is 9.47 Å². The van der Waals surface area contributed by atoms with E-state index in [1.807, 2.05) is 51.1 Å². The summed E-state index contributed by atoms with van der Waals surface area (Å²) in [7, 11) is 0. The second kappa shape index (κ2) is 8.01. The van der Waals surface area contributed by atoms with E-state index < -0.39 is 35.7 Å². The van der Waals surface area contributed by atoms with Crippen molar-refractivity contribution in [1.82, 2.24) is 0 Å². The predicted molar refractivity (Wildman–Crippen MR) is 114 cm³/mol. The van der Waals surface area contributed by atoms with Gasteiger partial charge in [-0.05, 0) is 55.7 Å². The number of ether oxygens (including phenoxy) is 2. The van der Waals surface area contributed by atoms with Gasteiger partial charge in [0.05, 0.1) is 5.92 Å². The summed E-state index contributed by atoms with van der Waals surface area (Å²) >= 11 is 0. The molecule has 1 aromatic rings. The minimum Gasteiger partial charge on any atom is -0.457 e. The molecule has 0 N–H and O–H groups in total. The molecule has 3 rings (SSSR count). The Hall–Kier alpha value is -2.43. The third-order valence-electron chi connectivity index (χ3n) is 5.88. The summed E-state index contributed by atoms with van der Waals surface area (Å²) in [6.45, 7) is 11.2. The lowest BCUT2D eigenvalue weighted by Gasteiger charge is -2.17. The zero-order chi connectivity index (χ0) is 22.3. The monoisotopic (exact) mass is 414 g/mol. The van der Waals surface area contributed by atoms with Crippen molar-refractivity contribution in [2.45, 2.75) is 65.8 Å². The average molecular weight is 415 g/mol. The molecular weight excluding hydrogens is 383 g/mol. The molecule has 0 radical (unpaired) electrons. The van der Waals surface area contributed by atoms with Crippen LogP contribution in [0.1, 0.15) is 64.3 Å². The number of carbonyl (C=O) groups excluding carboxylic acids is 2. The highest BCUT2D eigenvalue weighted by molar-refractivity contribution is 5.84. The zero-order valence-corrected chi connectivity index (χ0v) is 18.6. The molecule has 0 amide bonds. The molecule has 162 valence electrons. The fourth-order valence-corrected chi connectivity index (χ4v) is 4.30. The molecule has 4 nitrogen and oxygen atoms in total. The number of hydrogen-bond acceptors (Lipinski definition) is 4. The SMILES string of the molecule is C/C=C\c1cccc2c1CC(F)C2OC(=O)[C@@H]1[C@H](/C=C\C(=O)OC(C)(C)C)C1(C)C. The first kappa shape index (κ1) is 22.3. The largest absolute Gasteiger partial charge is 0.457 e. The quantitative estimate of drug-likeness (QED) is 0.480. The molecule has 0 bridgehead atoms. The maximum atomic E-state index is 14.8. The molecule has 0 spiro atoms. The summed E-state index contributed by atoms with van der Waals surface area (Å²) in [5.74, 6) is -1.42. The number of benzene rings is 1. The summed E-state index contributed by atoms with van der Waals surface area (Å²) < 4.78 is 25.7. The summed E-state index contributed by atoms with van der Waals surface area (Å²) in [6.07, 6.45) is 5.03. The predicted octanol–water partition coefficient (Wildman–Crippen LogP) is 5.37. The Morgan fingerprint density at radius 1 is 1.23 bits per heavy atom. The molecule has 1 aromatic carbocycles. The normalized spacial score (nSPS) is 27.3. The molecule has 2 aliphatic rings. The van der Waals surface area contributed by atoms with E-state index in [-0.39, 0.29) is 17.8 Å². The third-order valence-corrected chi connectivity index (χ3v) is 5.88. The first-order valence-electron chi connectivity index (χ1n) is 10.5. The van der Waals surface area contributed by atoms with Crippen LogP contribution in [0.3, 0.4) is 0 Å². The third kappa shape index (κ3) is 4.50. The van der Waals surface area contributed by atoms with Gasteiger partial charge in [-0.25, -0.2) is 9.18 Å². The van der Waals surface area contributed by atoms with Crippen LogP contribution >= 0.6 is 0 Å². The van der Waals surface area contributed by atoms with E-state index >= 15 is 0 Å². The van der Waals surface area contributed by atoms with Crippen LogP contribution in [0.5, 0.6) is 0 Å². The highest BCUT2D eigenvalue weighted by atomic mass is 19.1. The van der Waals surface area contributed by atoms with Gasteiger partial charge in [0.2, 0.25) is 0 Å². The van der Waals surface area contributed by atoms with Gasteiger partial charge in [-0.15, -0.1) is 0 Å². The average Bonchev–Trinajstić information content (AvgIpc) is 3.03. The Morgan fingerprint density at radius 2 is 1.93 bits per heavy atom. The van der Waals surface area contributed by atoms with Crippen molar-refractivity contribution in [3.05, 3.63) is 53.1 Å². The Bertz CT molecular complexity index is 891. The van der Waals surface area contributed by atoms with Crippen molar-refractivity contribution in [2.75, 3.05) is 0 Å². The van der Waals surface area contributed by atoms with Crippen LogP contribution < -0.4 is 0 Å². The van der Waals surface area contributed by atoms with Gasteiger partial charge < -0.3 is 9.47 Å². The molecule has 30 heavy (non-hydrogen) atoms. The van der Waals surface area contributed by atoms with E-state index in [0.717, 1.165) is 16.7 Å². The first-order chi connectivity index (χ1) is 14.0. The lowest BCUT2D eigenvalue weighted by Crippen LogP contribution is -2.22.